The first kappa shape index (κ1) is 11.0. The van der Waals surface area contributed by atoms with Crippen LogP contribution in [0.3, 0.4) is 0 Å². The average molecular weight is 228 g/mol. The SMILES string of the molecule is CCSCc1noc(C2CCCC2O)n1. The molecule has 1 fully saturated rings. The van der Waals surface area contributed by atoms with E-state index in [1.807, 2.05) is 0 Å². The minimum Gasteiger partial charge on any atom is -0.392 e. The summed E-state index contributed by atoms with van der Waals surface area (Å²) in [6.07, 6.45) is 2.57. The van der Waals surface area contributed by atoms with Gasteiger partial charge in [-0.2, -0.15) is 16.7 Å². The van der Waals surface area contributed by atoms with Crippen molar-refractivity contribution in [3.63, 3.8) is 0 Å². The van der Waals surface area contributed by atoms with Crippen LogP contribution >= 0.6 is 11.8 Å². The van der Waals surface area contributed by atoms with Crippen LogP contribution in [-0.2, 0) is 5.75 Å². The van der Waals surface area contributed by atoms with Gasteiger partial charge in [-0.25, -0.2) is 0 Å². The third kappa shape index (κ3) is 2.52. The highest BCUT2D eigenvalue weighted by molar-refractivity contribution is 7.98. The molecule has 1 aliphatic carbocycles. The van der Waals surface area contributed by atoms with E-state index in [-0.39, 0.29) is 12.0 Å². The maximum Gasteiger partial charge on any atom is 0.232 e. The van der Waals surface area contributed by atoms with E-state index < -0.39 is 0 Å². The number of nitrogens with zero attached hydrogens (tertiary/aromatic N) is 2. The molecular weight excluding hydrogens is 212 g/mol. The highest BCUT2D eigenvalue weighted by atomic mass is 32.2. The summed E-state index contributed by atoms with van der Waals surface area (Å²) in [6, 6.07) is 0. The molecule has 5 heteroatoms. The smallest absolute Gasteiger partial charge is 0.232 e. The molecule has 0 amide bonds. The molecule has 1 aromatic rings. The minimum atomic E-state index is -0.294. The molecule has 1 heterocycles. The fourth-order valence-corrected chi connectivity index (χ4v) is 2.40. The molecule has 0 aromatic carbocycles. The average Bonchev–Trinajstić information content (AvgIpc) is 2.83. The van der Waals surface area contributed by atoms with Crippen molar-refractivity contribution in [1.29, 1.82) is 0 Å². The van der Waals surface area contributed by atoms with Crippen molar-refractivity contribution in [3.05, 3.63) is 11.7 Å². The Morgan fingerprint density at radius 1 is 1.53 bits per heavy atom. The van der Waals surface area contributed by atoms with E-state index >= 15 is 0 Å². The summed E-state index contributed by atoms with van der Waals surface area (Å²) in [5.41, 5.74) is 0. The van der Waals surface area contributed by atoms with E-state index in [2.05, 4.69) is 17.1 Å². The summed E-state index contributed by atoms with van der Waals surface area (Å²) >= 11 is 1.77. The van der Waals surface area contributed by atoms with Crippen LogP contribution in [0.1, 0.15) is 43.8 Å². The Kier molecular flexibility index (Phi) is 3.64. The lowest BCUT2D eigenvalue weighted by Gasteiger charge is -2.07. The van der Waals surface area contributed by atoms with E-state index in [9.17, 15) is 5.11 Å². The van der Waals surface area contributed by atoms with Crippen LogP contribution in [0.2, 0.25) is 0 Å². The quantitative estimate of drug-likeness (QED) is 0.853. The molecule has 0 radical (unpaired) electrons. The maximum atomic E-state index is 9.69. The second kappa shape index (κ2) is 4.99. The number of hydrogen-bond acceptors (Lipinski definition) is 5. The standard InChI is InChI=1S/C10H16N2O2S/c1-2-15-6-9-11-10(14-12-9)7-4-3-5-8(7)13/h7-8,13H,2-6H2,1H3. The Bertz CT molecular complexity index is 316. The zero-order valence-electron chi connectivity index (χ0n) is 8.85. The van der Waals surface area contributed by atoms with Gasteiger partial charge in [-0.05, 0) is 25.0 Å². The Hall–Kier alpha value is -0.550. The summed E-state index contributed by atoms with van der Waals surface area (Å²) < 4.78 is 5.18. The van der Waals surface area contributed by atoms with Crippen LogP contribution in [-0.4, -0.2) is 27.1 Å². The summed E-state index contributed by atoms with van der Waals surface area (Å²) in [6.45, 7) is 2.10. The number of thioether (sulfide) groups is 1. The van der Waals surface area contributed by atoms with E-state index in [4.69, 9.17) is 4.52 Å². The largest absolute Gasteiger partial charge is 0.392 e. The van der Waals surface area contributed by atoms with Crippen LogP contribution in [0, 0.1) is 0 Å². The molecule has 84 valence electrons. The molecule has 2 atom stereocenters. The molecule has 1 N–H and O–H groups in total. The summed E-state index contributed by atoms with van der Waals surface area (Å²) in [7, 11) is 0. The minimum absolute atomic E-state index is 0.0675. The van der Waals surface area contributed by atoms with Crippen molar-refractivity contribution in [3.8, 4) is 0 Å². The van der Waals surface area contributed by atoms with Crippen LogP contribution < -0.4 is 0 Å². The van der Waals surface area contributed by atoms with Gasteiger partial charge in [-0.3, -0.25) is 0 Å². The lowest BCUT2D eigenvalue weighted by Crippen LogP contribution is -2.11. The number of aliphatic hydroxyl groups is 1. The van der Waals surface area contributed by atoms with E-state index in [0.717, 1.165) is 36.6 Å². The first-order valence-corrected chi connectivity index (χ1v) is 6.55. The number of aliphatic hydroxyl groups excluding tert-OH is 1. The van der Waals surface area contributed by atoms with Crippen LogP contribution in [0.5, 0.6) is 0 Å². The van der Waals surface area contributed by atoms with Gasteiger partial charge in [0.1, 0.15) is 0 Å². The normalized spacial score (nSPS) is 26.0. The van der Waals surface area contributed by atoms with Crippen molar-refractivity contribution in [1.82, 2.24) is 10.1 Å². The molecule has 1 aliphatic rings. The zero-order valence-corrected chi connectivity index (χ0v) is 9.66. The van der Waals surface area contributed by atoms with Crippen molar-refractivity contribution in [2.75, 3.05) is 5.75 Å². The Morgan fingerprint density at radius 2 is 2.40 bits per heavy atom. The first-order valence-electron chi connectivity index (χ1n) is 5.39. The van der Waals surface area contributed by atoms with Crippen LogP contribution in [0.4, 0.5) is 0 Å². The van der Waals surface area contributed by atoms with E-state index in [0.29, 0.717) is 5.89 Å². The van der Waals surface area contributed by atoms with Gasteiger partial charge in [0, 0.05) is 0 Å². The monoisotopic (exact) mass is 228 g/mol. The lowest BCUT2D eigenvalue weighted by atomic mass is 10.1. The third-order valence-electron chi connectivity index (χ3n) is 2.72. The second-order valence-electron chi connectivity index (χ2n) is 3.79. The van der Waals surface area contributed by atoms with Crippen molar-refractivity contribution >= 4 is 11.8 Å². The predicted octanol–water partition coefficient (Wildman–Crippen LogP) is 1.95. The molecule has 2 unspecified atom stereocenters. The molecule has 1 aromatic heterocycles. The lowest BCUT2D eigenvalue weighted by molar-refractivity contribution is 0.148. The Balaban J connectivity index is 1.99. The summed E-state index contributed by atoms with van der Waals surface area (Å²) in [5.74, 6) is 3.28. The molecule has 1 saturated carbocycles. The highest BCUT2D eigenvalue weighted by Crippen LogP contribution is 2.33. The molecular formula is C10H16N2O2S. The molecule has 0 saturated heterocycles. The van der Waals surface area contributed by atoms with E-state index in [1.54, 1.807) is 11.8 Å². The fraction of sp³-hybridized carbons (Fsp3) is 0.800. The van der Waals surface area contributed by atoms with Gasteiger partial charge in [0.2, 0.25) is 5.89 Å². The Morgan fingerprint density at radius 3 is 3.07 bits per heavy atom. The number of aromatic nitrogens is 2. The van der Waals surface area contributed by atoms with Gasteiger partial charge in [0.15, 0.2) is 5.82 Å². The van der Waals surface area contributed by atoms with Crippen molar-refractivity contribution in [2.45, 2.75) is 44.0 Å². The molecule has 2 rings (SSSR count). The summed E-state index contributed by atoms with van der Waals surface area (Å²) in [4.78, 5) is 4.32. The maximum absolute atomic E-state index is 9.69. The van der Waals surface area contributed by atoms with Gasteiger partial charge in [0.25, 0.3) is 0 Å². The van der Waals surface area contributed by atoms with E-state index in [1.165, 1.54) is 0 Å². The van der Waals surface area contributed by atoms with Crippen LogP contribution in [0.15, 0.2) is 4.52 Å². The molecule has 0 aliphatic heterocycles. The van der Waals surface area contributed by atoms with Crippen molar-refractivity contribution < 1.29 is 9.63 Å². The van der Waals surface area contributed by atoms with Gasteiger partial charge in [-0.1, -0.05) is 12.1 Å². The molecule has 0 bridgehead atoms. The number of rotatable bonds is 4. The van der Waals surface area contributed by atoms with Gasteiger partial charge in [0.05, 0.1) is 17.8 Å². The fourth-order valence-electron chi connectivity index (χ4n) is 1.90. The van der Waals surface area contributed by atoms with Crippen molar-refractivity contribution in [2.24, 2.45) is 0 Å². The zero-order chi connectivity index (χ0) is 10.7. The third-order valence-corrected chi connectivity index (χ3v) is 3.59. The highest BCUT2D eigenvalue weighted by Gasteiger charge is 2.31. The molecule has 0 spiro atoms. The Labute approximate surface area is 93.4 Å². The van der Waals surface area contributed by atoms with Gasteiger partial charge >= 0.3 is 0 Å². The molecule has 15 heavy (non-hydrogen) atoms. The molecule has 4 nitrogen and oxygen atoms in total. The van der Waals surface area contributed by atoms with Crippen LogP contribution in [0.25, 0.3) is 0 Å². The number of hydrogen-bond donors (Lipinski definition) is 1. The van der Waals surface area contributed by atoms with Gasteiger partial charge < -0.3 is 9.63 Å². The topological polar surface area (TPSA) is 59.2 Å². The second-order valence-corrected chi connectivity index (χ2v) is 5.06. The predicted molar refractivity (Wildman–Crippen MR) is 58.7 cm³/mol. The van der Waals surface area contributed by atoms with Gasteiger partial charge in [-0.15, -0.1) is 0 Å². The summed E-state index contributed by atoms with van der Waals surface area (Å²) in [5, 5.41) is 13.6. The first-order chi connectivity index (χ1) is 7.31.